The van der Waals surface area contributed by atoms with Gasteiger partial charge in [0.25, 0.3) is 59.1 Å². The maximum Gasteiger partial charge on any atom is 0.350 e. The maximum atomic E-state index is 14.3. The Balaban J connectivity index is 0.000000713. The number of quaternary nitrogens is 1. The summed E-state index contributed by atoms with van der Waals surface area (Å²) >= 11 is 2.63. The molecule has 422 valence electrons. The fourth-order valence-corrected chi connectivity index (χ4v) is 10.1. The van der Waals surface area contributed by atoms with Crippen LogP contribution < -0.4 is 21.1 Å². The summed E-state index contributed by atoms with van der Waals surface area (Å²) in [6, 6.07) is -6.77. The second kappa shape index (κ2) is 28.2. The number of amides is 12. The van der Waals surface area contributed by atoms with Crippen molar-refractivity contribution in [2.24, 2.45) is 0 Å². The van der Waals surface area contributed by atoms with Crippen LogP contribution in [-0.4, -0.2) is 173 Å². The smallest absolute Gasteiger partial charge is 0.350 e. The minimum absolute atomic E-state index is 0. The minimum Gasteiger partial charge on any atom is -0.544 e. The van der Waals surface area contributed by atoms with Gasteiger partial charge in [0.15, 0.2) is 0 Å². The number of nitrogens with one attached hydrogen (secondary N) is 3. The molecular weight excluding hydrogens is 1160 g/mol. The van der Waals surface area contributed by atoms with Gasteiger partial charge < -0.3 is 25.2 Å². The third-order valence-corrected chi connectivity index (χ3v) is 14.1. The Morgan fingerprint density at radius 3 is 1.46 bits per heavy atom. The van der Waals surface area contributed by atoms with Crippen molar-refractivity contribution in [3.63, 3.8) is 0 Å². The first-order valence-electron chi connectivity index (χ1n) is 23.9. The van der Waals surface area contributed by atoms with Crippen LogP contribution >= 0.6 is 23.5 Å². The van der Waals surface area contributed by atoms with Gasteiger partial charge in [-0.25, -0.2) is 24.0 Å². The van der Waals surface area contributed by atoms with Crippen molar-refractivity contribution in [3.8, 4) is 0 Å². The molecule has 6 N–H and O–H groups in total. The SMILES string of the molecule is CSCCC(C(=O)O)N1C(=O)C=C(C)C1=O.CSCCC(C(=O)[O-])[N+]1(C(CCC=CC2=CC(=O)NC2=O)C(=CC2=CC(=O)N(C(CCC=CC3=CC(=O)NC3=O)C(=CC3=CC(=O)NC3=O)C(=O)O)C2=O)C(=O)O)C(=O)C=C(C)C1=O.[Zn]. The zero-order chi connectivity index (χ0) is 59.5. The van der Waals surface area contributed by atoms with E-state index in [2.05, 4.69) is 0 Å². The van der Waals surface area contributed by atoms with E-state index in [1.54, 1.807) is 6.26 Å². The number of carbonyl (C=O) groups is 16. The van der Waals surface area contributed by atoms with E-state index in [1.807, 2.05) is 22.2 Å². The zero-order valence-corrected chi connectivity index (χ0v) is 48.1. The van der Waals surface area contributed by atoms with Crippen LogP contribution in [0.15, 0.2) is 117 Å². The molecule has 12 amide bonds. The van der Waals surface area contributed by atoms with Gasteiger partial charge in [0.05, 0.1) is 28.8 Å². The van der Waals surface area contributed by atoms with Crippen molar-refractivity contribution in [1.29, 1.82) is 0 Å². The molecule has 0 fully saturated rings. The number of carboxylic acids is 4. The molecule has 5 atom stereocenters. The van der Waals surface area contributed by atoms with Gasteiger partial charge in [-0.05, 0) is 75.7 Å². The van der Waals surface area contributed by atoms with Crippen LogP contribution in [-0.2, 0) is 96.2 Å². The molecule has 0 saturated heterocycles. The third kappa shape index (κ3) is 14.7. The first-order valence-corrected chi connectivity index (χ1v) is 26.7. The molecule has 29 heteroatoms. The third-order valence-electron chi connectivity index (χ3n) is 12.8. The molecule has 81 heavy (non-hydrogen) atoms. The monoisotopic (exact) mass is 1210 g/mol. The van der Waals surface area contributed by atoms with Gasteiger partial charge in [0.2, 0.25) is 0 Å². The first kappa shape index (κ1) is 65.1. The maximum absolute atomic E-state index is 14.3. The average molecular weight is 1210 g/mol. The molecule has 0 spiro atoms. The second-order valence-electron chi connectivity index (χ2n) is 18.0. The van der Waals surface area contributed by atoms with Crippen LogP contribution in [0.4, 0.5) is 0 Å². The van der Waals surface area contributed by atoms with Crippen molar-refractivity contribution in [1.82, 2.24) is 25.8 Å². The number of hydrogen-bond donors (Lipinski definition) is 6. The molecule has 6 rings (SSSR count). The summed E-state index contributed by atoms with van der Waals surface area (Å²) in [7, 11) is 0. The quantitative estimate of drug-likeness (QED) is 0.0253. The van der Waals surface area contributed by atoms with Crippen molar-refractivity contribution in [3.05, 3.63) is 117 Å². The van der Waals surface area contributed by atoms with Crippen molar-refractivity contribution < 1.29 is 121 Å². The standard InChI is InChI=1S/C42H37N5O16S.C10H13NO4S.Zn/c1-20-13-34(52)47(39(20)57,29(42(62)63)11-12-64-2)28(10-6-4-8-22-17-31(49)44-36(22)54)26(41(60)61)15-24-19-33(51)46(38(24)56)27(9-5-3-7-21-16-30(48)43-35(21)53)25(40(58)59)14-23-18-32(50)45-37(23)55;1-6-5-8(12)11(9(6)13)7(10(14)15)3-4-16-2;/h3-4,7-8,13-19,27-29H,5-6,9-12H2,1-2H3,(H5-,43,44,45,48,49,50,53,54,55,58,59,60,61,62,63);5,7H,3-4H2,1-2H3,(H,14,15);. The largest absolute Gasteiger partial charge is 0.544 e. The topological polar surface area (TPSA) is 399 Å². The number of carboxylic acid groups (broad SMARTS) is 4. The predicted octanol–water partition coefficient (Wildman–Crippen LogP) is -1.33. The molecule has 5 unspecified atom stereocenters. The summed E-state index contributed by atoms with van der Waals surface area (Å²) < 4.78 is -1.67. The Morgan fingerprint density at radius 1 is 0.568 bits per heavy atom. The predicted molar refractivity (Wildman–Crippen MR) is 275 cm³/mol. The first-order chi connectivity index (χ1) is 37.7. The number of nitrogens with zero attached hydrogens (tertiary/aromatic N) is 3. The number of hydrogen-bond acceptors (Lipinski definition) is 19. The van der Waals surface area contributed by atoms with E-state index in [1.165, 1.54) is 56.0 Å². The molecule has 6 aliphatic heterocycles. The van der Waals surface area contributed by atoms with Gasteiger partial charge in [0.1, 0.15) is 24.1 Å². The molecule has 6 aliphatic rings. The van der Waals surface area contributed by atoms with Gasteiger partial charge in [-0.3, -0.25) is 73.7 Å². The van der Waals surface area contributed by atoms with Gasteiger partial charge in [-0.1, -0.05) is 24.3 Å². The van der Waals surface area contributed by atoms with Crippen molar-refractivity contribution in [2.75, 3.05) is 24.0 Å². The number of thioether (sulfide) groups is 2. The summed E-state index contributed by atoms with van der Waals surface area (Å²) in [5, 5.41) is 49.1. The molecule has 0 bridgehead atoms. The average Bonchev–Trinajstić information content (AvgIpc) is 4.30. The summed E-state index contributed by atoms with van der Waals surface area (Å²) in [6.45, 7) is 2.72. The minimum atomic E-state index is -2.00. The van der Waals surface area contributed by atoms with E-state index in [0.29, 0.717) is 28.4 Å². The van der Waals surface area contributed by atoms with E-state index < -0.39 is 159 Å². The summed E-state index contributed by atoms with van der Waals surface area (Å²) in [5.41, 5.74) is -2.94. The molecule has 26 nitrogen and oxygen atoms in total. The van der Waals surface area contributed by atoms with Gasteiger partial charge >= 0.3 is 29.7 Å². The molecule has 6 heterocycles. The fraction of sp³-hybridized carbons (Fsp3) is 0.308. The van der Waals surface area contributed by atoms with Crippen LogP contribution in [0.2, 0.25) is 0 Å². The molecule has 0 saturated carbocycles. The number of imide groups is 6. The normalized spacial score (nSPS) is 20.8. The van der Waals surface area contributed by atoms with Crippen LogP contribution in [0.25, 0.3) is 0 Å². The molecule has 0 aromatic rings. The van der Waals surface area contributed by atoms with Crippen LogP contribution in [0, 0.1) is 0 Å². The number of carbonyl (C=O) groups excluding carboxylic acids is 13. The van der Waals surface area contributed by atoms with Crippen molar-refractivity contribution >= 4 is 118 Å². The number of allylic oxidation sites excluding steroid dienone is 2. The van der Waals surface area contributed by atoms with E-state index in [0.717, 1.165) is 47.0 Å². The molecular formula is C52H50N6O20S2Zn. The van der Waals surface area contributed by atoms with E-state index >= 15 is 0 Å². The Morgan fingerprint density at radius 2 is 1.04 bits per heavy atom. The summed E-state index contributed by atoms with van der Waals surface area (Å²) in [6.07, 6.45) is 13.8. The Bertz CT molecular complexity index is 3180. The number of rotatable bonds is 26. The van der Waals surface area contributed by atoms with E-state index in [-0.39, 0.29) is 67.6 Å². The molecule has 0 radical (unpaired) electrons. The molecule has 0 aromatic carbocycles. The van der Waals surface area contributed by atoms with Crippen LogP contribution in [0.1, 0.15) is 52.4 Å². The Labute approximate surface area is 480 Å². The Hall–Kier alpha value is -8.40. The van der Waals surface area contributed by atoms with Crippen molar-refractivity contribution in [2.45, 2.75) is 76.5 Å². The van der Waals surface area contributed by atoms with E-state index in [9.17, 15) is 92.0 Å². The van der Waals surface area contributed by atoms with Crippen LogP contribution in [0.5, 0.6) is 0 Å². The second-order valence-corrected chi connectivity index (χ2v) is 20.0. The van der Waals surface area contributed by atoms with Gasteiger partial charge in [-0.15, -0.1) is 0 Å². The zero-order valence-electron chi connectivity index (χ0n) is 43.5. The molecule has 0 aliphatic carbocycles. The summed E-state index contributed by atoms with van der Waals surface area (Å²) in [4.78, 5) is 203. The summed E-state index contributed by atoms with van der Waals surface area (Å²) in [5.74, 6) is -16.6. The number of aliphatic carboxylic acids is 4. The fourth-order valence-electron chi connectivity index (χ4n) is 9.17. The van der Waals surface area contributed by atoms with Gasteiger partial charge in [-0.2, -0.15) is 28.0 Å². The molecule has 0 aromatic heterocycles. The Kier molecular flexibility index (Phi) is 22.6. The van der Waals surface area contributed by atoms with E-state index in [4.69, 9.17) is 5.11 Å². The van der Waals surface area contributed by atoms with Crippen LogP contribution in [0.3, 0.4) is 0 Å². The van der Waals surface area contributed by atoms with Gasteiger partial charge in [0, 0.05) is 90.6 Å².